The Morgan fingerprint density at radius 1 is 0.500 bits per heavy atom. The number of pyridine rings is 4. The molecule has 4 heteroatoms. The van der Waals surface area contributed by atoms with E-state index < -0.39 is 0 Å². The van der Waals surface area contributed by atoms with Crippen molar-refractivity contribution in [1.29, 1.82) is 0 Å². The highest BCUT2D eigenvalue weighted by molar-refractivity contribution is 6.12. The van der Waals surface area contributed by atoms with E-state index in [-0.39, 0.29) is 0 Å². The summed E-state index contributed by atoms with van der Waals surface area (Å²) < 4.78 is 0. The maximum Gasteiger partial charge on any atom is 0.0978 e. The van der Waals surface area contributed by atoms with E-state index in [0.29, 0.717) is 0 Å². The molecule has 4 heterocycles. The van der Waals surface area contributed by atoms with Crippen molar-refractivity contribution in [3.8, 4) is 33.5 Å². The van der Waals surface area contributed by atoms with Gasteiger partial charge in [-0.1, -0.05) is 54.6 Å². The van der Waals surface area contributed by atoms with Crippen LogP contribution in [0.15, 0.2) is 110 Å². The molecule has 2 aromatic carbocycles. The maximum absolute atomic E-state index is 5.10. The zero-order valence-electron chi connectivity index (χ0n) is 17.2. The van der Waals surface area contributed by atoms with Crippen molar-refractivity contribution in [3.63, 3.8) is 0 Å². The van der Waals surface area contributed by atoms with E-state index in [1.807, 2.05) is 55.0 Å². The summed E-state index contributed by atoms with van der Waals surface area (Å²) in [5.74, 6) is 0. The van der Waals surface area contributed by atoms with E-state index in [2.05, 4.69) is 52.4 Å². The molecule has 0 unspecified atom stereocenters. The van der Waals surface area contributed by atoms with Crippen molar-refractivity contribution in [2.45, 2.75) is 0 Å². The second-order valence-electron chi connectivity index (χ2n) is 7.62. The normalized spacial score (nSPS) is 11.1. The van der Waals surface area contributed by atoms with Crippen molar-refractivity contribution in [2.75, 3.05) is 0 Å². The first kappa shape index (κ1) is 18.3. The van der Waals surface area contributed by atoms with Gasteiger partial charge in [0, 0.05) is 58.4 Å². The van der Waals surface area contributed by atoms with Crippen molar-refractivity contribution in [3.05, 3.63) is 110 Å². The Labute approximate surface area is 185 Å². The van der Waals surface area contributed by atoms with Gasteiger partial charge in [-0.05, 0) is 35.4 Å². The zero-order chi connectivity index (χ0) is 21.3. The number of benzene rings is 2. The summed E-state index contributed by atoms with van der Waals surface area (Å²) in [6.07, 6.45) is 9.21. The van der Waals surface area contributed by atoms with Gasteiger partial charge in [0.05, 0.1) is 16.7 Å². The Morgan fingerprint density at radius 3 is 1.84 bits per heavy atom. The average molecular weight is 410 g/mol. The Hall–Kier alpha value is -4.44. The third-order valence-electron chi connectivity index (χ3n) is 5.70. The second-order valence-corrected chi connectivity index (χ2v) is 7.62. The van der Waals surface area contributed by atoms with E-state index in [0.717, 1.165) is 55.3 Å². The Morgan fingerprint density at radius 2 is 1.16 bits per heavy atom. The molecular formula is C28H18N4. The lowest BCUT2D eigenvalue weighted by Crippen LogP contribution is -1.94. The topological polar surface area (TPSA) is 51.6 Å². The van der Waals surface area contributed by atoms with Crippen LogP contribution in [0.25, 0.3) is 55.3 Å². The fourth-order valence-corrected chi connectivity index (χ4v) is 4.19. The first-order valence-corrected chi connectivity index (χ1v) is 10.5. The van der Waals surface area contributed by atoms with Crippen LogP contribution in [0, 0.1) is 0 Å². The van der Waals surface area contributed by atoms with Gasteiger partial charge in [-0.3, -0.25) is 15.0 Å². The summed E-state index contributed by atoms with van der Waals surface area (Å²) in [7, 11) is 0. The second kappa shape index (κ2) is 7.67. The van der Waals surface area contributed by atoms with Crippen molar-refractivity contribution in [2.24, 2.45) is 0 Å². The largest absolute Gasteiger partial charge is 0.264 e. The summed E-state index contributed by atoms with van der Waals surface area (Å²) >= 11 is 0. The molecule has 0 spiro atoms. The van der Waals surface area contributed by atoms with Gasteiger partial charge < -0.3 is 0 Å². The summed E-state index contributed by atoms with van der Waals surface area (Å²) in [5.41, 5.74) is 8.06. The highest BCUT2D eigenvalue weighted by Crippen LogP contribution is 2.37. The van der Waals surface area contributed by atoms with Crippen LogP contribution in [0.2, 0.25) is 0 Å². The summed E-state index contributed by atoms with van der Waals surface area (Å²) in [6.45, 7) is 0. The van der Waals surface area contributed by atoms with E-state index in [4.69, 9.17) is 9.97 Å². The lowest BCUT2D eigenvalue weighted by atomic mass is 9.96. The van der Waals surface area contributed by atoms with Gasteiger partial charge in [0.15, 0.2) is 0 Å². The minimum absolute atomic E-state index is 0.881. The number of hydrogen-bond acceptors (Lipinski definition) is 4. The molecule has 0 aliphatic heterocycles. The van der Waals surface area contributed by atoms with Gasteiger partial charge >= 0.3 is 0 Å². The van der Waals surface area contributed by atoms with E-state index in [1.165, 1.54) is 0 Å². The number of aromatic nitrogens is 4. The number of fused-ring (bicyclic) bond motifs is 3. The third kappa shape index (κ3) is 3.10. The first-order valence-electron chi connectivity index (χ1n) is 10.5. The van der Waals surface area contributed by atoms with Crippen LogP contribution < -0.4 is 0 Å². The molecule has 0 aliphatic rings. The van der Waals surface area contributed by atoms with Crippen LogP contribution >= 0.6 is 0 Å². The third-order valence-corrected chi connectivity index (χ3v) is 5.70. The quantitative estimate of drug-likeness (QED) is 0.310. The molecule has 4 aromatic heterocycles. The van der Waals surface area contributed by atoms with Crippen LogP contribution in [-0.4, -0.2) is 19.9 Å². The van der Waals surface area contributed by atoms with Crippen LogP contribution in [0.4, 0.5) is 0 Å². The van der Waals surface area contributed by atoms with Crippen LogP contribution in [-0.2, 0) is 0 Å². The van der Waals surface area contributed by atoms with Gasteiger partial charge in [-0.2, -0.15) is 0 Å². The van der Waals surface area contributed by atoms with Gasteiger partial charge in [0.1, 0.15) is 0 Å². The Balaban J connectivity index is 1.71. The van der Waals surface area contributed by atoms with E-state index in [9.17, 15) is 0 Å². The minimum Gasteiger partial charge on any atom is -0.264 e. The molecule has 150 valence electrons. The average Bonchev–Trinajstić information content (AvgIpc) is 2.89. The summed E-state index contributed by atoms with van der Waals surface area (Å²) in [5, 5.41) is 2.11. The van der Waals surface area contributed by atoms with E-state index in [1.54, 1.807) is 12.4 Å². The molecular weight excluding hydrogens is 392 g/mol. The Kier molecular flexibility index (Phi) is 4.40. The molecule has 0 atom stereocenters. The van der Waals surface area contributed by atoms with Gasteiger partial charge in [-0.25, -0.2) is 4.98 Å². The molecule has 0 amide bonds. The van der Waals surface area contributed by atoms with Gasteiger partial charge in [-0.15, -0.1) is 0 Å². The highest BCUT2D eigenvalue weighted by Gasteiger charge is 2.15. The van der Waals surface area contributed by atoms with Crippen molar-refractivity contribution < 1.29 is 0 Å². The predicted octanol–water partition coefficient (Wildman–Crippen LogP) is 6.57. The number of rotatable bonds is 3. The minimum atomic E-state index is 0.881. The lowest BCUT2D eigenvalue weighted by molar-refractivity contribution is 1.32. The molecule has 6 aromatic rings. The maximum atomic E-state index is 5.10. The number of hydrogen-bond donors (Lipinski definition) is 0. The van der Waals surface area contributed by atoms with E-state index >= 15 is 0 Å². The van der Waals surface area contributed by atoms with Crippen LogP contribution in [0.1, 0.15) is 0 Å². The monoisotopic (exact) mass is 410 g/mol. The fraction of sp³-hybridized carbons (Fsp3) is 0. The predicted molar refractivity (Wildman–Crippen MR) is 129 cm³/mol. The fourth-order valence-electron chi connectivity index (χ4n) is 4.19. The van der Waals surface area contributed by atoms with Crippen LogP contribution in [0.3, 0.4) is 0 Å². The lowest BCUT2D eigenvalue weighted by Gasteiger charge is -2.13. The molecule has 0 aliphatic carbocycles. The molecule has 0 bridgehead atoms. The highest BCUT2D eigenvalue weighted by atomic mass is 14.8. The molecule has 6 rings (SSSR count). The first-order chi connectivity index (χ1) is 15.9. The van der Waals surface area contributed by atoms with Gasteiger partial charge in [0.25, 0.3) is 0 Å². The van der Waals surface area contributed by atoms with Crippen molar-refractivity contribution in [1.82, 2.24) is 19.9 Å². The Bertz CT molecular complexity index is 1550. The smallest absolute Gasteiger partial charge is 0.0978 e. The molecule has 0 saturated carbocycles. The van der Waals surface area contributed by atoms with Crippen molar-refractivity contribution >= 4 is 21.8 Å². The van der Waals surface area contributed by atoms with Crippen LogP contribution in [0.5, 0.6) is 0 Å². The SMILES string of the molecule is c1ccc(-c2cc(-c3cccnc3)c3ccc4c(-c5cccnc5)ccnc4c3n2)cc1. The standard InChI is InChI=1S/C28H18N4/c1-2-6-19(7-3-1)26-16-25(21-9-5-14-30-18-21)24-11-10-23-22(20-8-4-13-29-17-20)12-15-31-27(23)28(24)32-26/h1-18H. The molecule has 32 heavy (non-hydrogen) atoms. The molecule has 0 saturated heterocycles. The van der Waals surface area contributed by atoms with Gasteiger partial charge in [0.2, 0.25) is 0 Å². The molecule has 4 nitrogen and oxygen atoms in total. The zero-order valence-corrected chi connectivity index (χ0v) is 17.2. The molecule has 0 radical (unpaired) electrons. The molecule has 0 fully saturated rings. The molecule has 0 N–H and O–H groups in total. The summed E-state index contributed by atoms with van der Waals surface area (Å²) in [6, 6.07) is 26.8. The summed E-state index contributed by atoms with van der Waals surface area (Å²) in [4.78, 5) is 18.5. The number of nitrogens with zero attached hydrogens (tertiary/aromatic N) is 4.